The molecule has 0 bridgehead atoms. The van der Waals surface area contributed by atoms with Gasteiger partial charge in [0.1, 0.15) is 0 Å². The van der Waals surface area contributed by atoms with E-state index in [2.05, 4.69) is 26.0 Å². The lowest BCUT2D eigenvalue weighted by Gasteiger charge is -2.08. The Kier molecular flexibility index (Phi) is 7.00. The van der Waals surface area contributed by atoms with Crippen LogP contribution < -0.4 is 9.55 Å². The van der Waals surface area contributed by atoms with Gasteiger partial charge in [0.25, 0.3) is 0 Å². The fourth-order valence-corrected chi connectivity index (χ4v) is 6.06. The molecule has 0 spiro atoms. The Morgan fingerprint density at radius 2 is 1.07 bits per heavy atom. The van der Waals surface area contributed by atoms with Gasteiger partial charge in [-0.05, 0) is 67.5 Å². The lowest BCUT2D eigenvalue weighted by Crippen LogP contribution is -2.32. The molecule has 0 aliphatic heterocycles. The number of allylic oxidation sites excluding steroid dienone is 2. The molecule has 27 heavy (non-hydrogen) atoms. The van der Waals surface area contributed by atoms with Crippen LogP contribution in [0.4, 0.5) is 0 Å². The monoisotopic (exact) mass is 404 g/mol. The van der Waals surface area contributed by atoms with Gasteiger partial charge in [-0.2, -0.15) is 0 Å². The van der Waals surface area contributed by atoms with E-state index >= 15 is 0 Å². The van der Waals surface area contributed by atoms with E-state index in [-0.39, 0.29) is 14.2 Å². The van der Waals surface area contributed by atoms with Gasteiger partial charge in [-0.15, -0.1) is 22.7 Å². The van der Waals surface area contributed by atoms with Gasteiger partial charge < -0.3 is 18.6 Å². The van der Waals surface area contributed by atoms with Crippen molar-refractivity contribution in [3.05, 3.63) is 33.0 Å². The molecule has 144 valence electrons. The predicted octanol–water partition coefficient (Wildman–Crippen LogP) is 3.50. The molecule has 1 aliphatic carbocycles. The highest BCUT2D eigenvalue weighted by Gasteiger charge is 2.28. The average Bonchev–Trinajstić information content (AvgIpc) is 3.36. The molecular weight excluding hydrogens is 378 g/mol. The number of aryl methyl sites for hydroxylation is 2. The molecule has 0 N–H and O–H groups in total. The van der Waals surface area contributed by atoms with Crippen molar-refractivity contribution in [2.75, 3.05) is 28.4 Å². The summed E-state index contributed by atoms with van der Waals surface area (Å²) in [5.41, 5.74) is 5.59. The first-order chi connectivity index (χ1) is 13.0. The van der Waals surface area contributed by atoms with Gasteiger partial charge in [0.15, 0.2) is 0 Å². The number of hydrogen-bond acceptors (Lipinski definition) is 6. The zero-order chi connectivity index (χ0) is 19.6. The highest BCUT2D eigenvalue weighted by molar-refractivity contribution is 7.23. The van der Waals surface area contributed by atoms with Gasteiger partial charge in [-0.1, -0.05) is 0 Å². The molecule has 0 radical (unpaired) electrons. The van der Waals surface area contributed by atoms with Gasteiger partial charge in [0.2, 0.25) is 0 Å². The maximum absolute atomic E-state index is 5.45. The molecule has 1 aliphatic rings. The molecule has 0 amide bonds. The zero-order valence-electron chi connectivity index (χ0n) is 16.9. The van der Waals surface area contributed by atoms with Gasteiger partial charge >= 0.3 is 14.2 Å². The minimum atomic E-state index is -0.299. The Hall–Kier alpha value is -0.890. The molecule has 2 heterocycles. The molecule has 2 aromatic heterocycles. The van der Waals surface area contributed by atoms with Gasteiger partial charge in [0, 0.05) is 47.7 Å². The summed E-state index contributed by atoms with van der Waals surface area (Å²) in [6.45, 7) is 4.37. The van der Waals surface area contributed by atoms with Crippen molar-refractivity contribution < 1.29 is 18.6 Å². The van der Waals surface area contributed by atoms with Crippen molar-refractivity contribution in [1.29, 1.82) is 0 Å². The number of hydrogen-bond donors (Lipinski definition) is 0. The van der Waals surface area contributed by atoms with Crippen molar-refractivity contribution in [2.24, 2.45) is 0 Å². The fraction of sp³-hybridized carbons (Fsp3) is 0.474. The summed E-state index contributed by atoms with van der Waals surface area (Å²) >= 11 is 3.51. The Bertz CT molecular complexity index is 754. The van der Waals surface area contributed by atoms with E-state index in [9.17, 15) is 0 Å². The smallest absolute Gasteiger partial charge is 0.410 e. The summed E-state index contributed by atoms with van der Waals surface area (Å²) < 4.78 is 24.0. The standard InChI is InChI=1S/C19H26B2O4S2/c1-12-16(10-18(26-12)20(22-3)23-4)14-8-7-9-15(14)17-11-19(27-13(17)2)21(24-5)25-6/h10-11H,7-9H2,1-6H3. The van der Waals surface area contributed by atoms with E-state index in [1.807, 2.05) is 0 Å². The first-order valence-corrected chi connectivity index (χ1v) is 10.7. The second-order valence-electron chi connectivity index (χ2n) is 6.65. The third kappa shape index (κ3) is 4.11. The normalized spacial score (nSPS) is 14.3. The topological polar surface area (TPSA) is 36.9 Å². The van der Waals surface area contributed by atoms with E-state index in [4.69, 9.17) is 18.6 Å². The summed E-state index contributed by atoms with van der Waals surface area (Å²) in [4.78, 5) is 2.64. The summed E-state index contributed by atoms with van der Waals surface area (Å²) in [7, 11) is 6.13. The van der Waals surface area contributed by atoms with Crippen LogP contribution in [0.3, 0.4) is 0 Å². The van der Waals surface area contributed by atoms with Gasteiger partial charge in [-0.25, -0.2) is 0 Å². The summed E-state index contributed by atoms with van der Waals surface area (Å²) in [5.74, 6) is 0. The second kappa shape index (κ2) is 9.07. The Labute approximate surface area is 170 Å². The Balaban J connectivity index is 2.02. The van der Waals surface area contributed by atoms with Crippen LogP contribution in [0.1, 0.15) is 40.1 Å². The van der Waals surface area contributed by atoms with Crippen LogP contribution in [0.25, 0.3) is 11.1 Å². The minimum absolute atomic E-state index is 0.299. The molecule has 8 heteroatoms. The van der Waals surface area contributed by atoms with Crippen molar-refractivity contribution >= 4 is 57.6 Å². The summed E-state index contributed by atoms with van der Waals surface area (Å²) in [5, 5.41) is 0. The SMILES string of the molecule is COB(OC)c1cc(C2=C(c3cc(B(OC)OC)sc3C)CCC2)c(C)s1. The van der Waals surface area contributed by atoms with Gasteiger partial charge in [-0.3, -0.25) is 0 Å². The first kappa shape index (κ1) is 20.8. The molecule has 4 nitrogen and oxygen atoms in total. The van der Waals surface area contributed by atoms with Crippen molar-refractivity contribution in [3.63, 3.8) is 0 Å². The Morgan fingerprint density at radius 3 is 1.41 bits per heavy atom. The molecule has 3 rings (SSSR count). The quantitative estimate of drug-likeness (QED) is 0.632. The van der Waals surface area contributed by atoms with E-state index < -0.39 is 0 Å². The van der Waals surface area contributed by atoms with Crippen molar-refractivity contribution in [3.8, 4) is 0 Å². The largest absolute Gasteiger partial charge is 0.504 e. The third-order valence-corrected chi connectivity index (χ3v) is 7.21. The minimum Gasteiger partial charge on any atom is -0.410 e. The molecule has 0 unspecified atom stereocenters. The van der Waals surface area contributed by atoms with Crippen LogP contribution in [0.5, 0.6) is 0 Å². The molecule has 0 saturated carbocycles. The lowest BCUT2D eigenvalue weighted by atomic mass is 9.85. The first-order valence-electron chi connectivity index (χ1n) is 9.08. The van der Waals surface area contributed by atoms with Crippen LogP contribution in [0.15, 0.2) is 12.1 Å². The third-order valence-electron chi connectivity index (χ3n) is 5.06. The molecule has 0 aromatic carbocycles. The highest BCUT2D eigenvalue weighted by atomic mass is 32.1. The molecule has 0 saturated heterocycles. The maximum atomic E-state index is 5.45. The Morgan fingerprint density at radius 1 is 0.704 bits per heavy atom. The fourth-order valence-electron chi connectivity index (χ4n) is 3.84. The zero-order valence-corrected chi connectivity index (χ0v) is 18.5. The number of rotatable bonds is 8. The lowest BCUT2D eigenvalue weighted by molar-refractivity contribution is 0.292. The summed E-state index contributed by atoms with van der Waals surface area (Å²) in [6.07, 6.45) is 3.41. The van der Waals surface area contributed by atoms with E-state index in [1.165, 1.54) is 38.4 Å². The second-order valence-corrected chi connectivity index (χ2v) is 9.23. The summed E-state index contributed by atoms with van der Waals surface area (Å²) in [6, 6.07) is 4.49. The van der Waals surface area contributed by atoms with E-state index in [0.717, 1.165) is 22.4 Å². The van der Waals surface area contributed by atoms with Crippen LogP contribution in [0.2, 0.25) is 0 Å². The van der Waals surface area contributed by atoms with E-state index in [1.54, 1.807) is 51.1 Å². The number of thiophene rings is 2. The van der Waals surface area contributed by atoms with Gasteiger partial charge in [0.05, 0.1) is 0 Å². The molecule has 2 aromatic rings. The molecular formula is C19H26B2O4S2. The van der Waals surface area contributed by atoms with Crippen LogP contribution in [0, 0.1) is 13.8 Å². The predicted molar refractivity (Wildman–Crippen MR) is 118 cm³/mol. The van der Waals surface area contributed by atoms with E-state index in [0.29, 0.717) is 0 Å². The van der Waals surface area contributed by atoms with Crippen molar-refractivity contribution in [1.82, 2.24) is 0 Å². The van der Waals surface area contributed by atoms with Crippen LogP contribution in [-0.4, -0.2) is 42.7 Å². The maximum Gasteiger partial charge on any atom is 0.504 e. The van der Waals surface area contributed by atoms with Crippen LogP contribution in [-0.2, 0) is 18.6 Å². The van der Waals surface area contributed by atoms with Crippen LogP contribution >= 0.6 is 22.7 Å². The molecule has 0 fully saturated rings. The van der Waals surface area contributed by atoms with Crippen molar-refractivity contribution in [2.45, 2.75) is 33.1 Å². The molecule has 0 atom stereocenters. The highest BCUT2D eigenvalue weighted by Crippen LogP contribution is 2.43. The average molecular weight is 404 g/mol.